The Kier molecular flexibility index (Phi) is 3.05. The number of nitrogens with one attached hydrogen (secondary N) is 1. The second kappa shape index (κ2) is 4.72. The molecule has 2 fully saturated rings. The smallest absolute Gasteiger partial charge is 0.267 e. The molecule has 3 rings (SSSR count). The molecule has 1 aromatic heterocycles. The summed E-state index contributed by atoms with van der Waals surface area (Å²) in [5.74, 6) is 0.380. The molecule has 1 aliphatic carbocycles. The monoisotopic (exact) mass is 261 g/mol. The summed E-state index contributed by atoms with van der Waals surface area (Å²) in [6, 6.07) is 4.29. The van der Waals surface area contributed by atoms with Crippen LogP contribution in [-0.4, -0.2) is 41.4 Å². The van der Waals surface area contributed by atoms with Crippen molar-refractivity contribution in [1.29, 1.82) is 0 Å². The predicted octanol–water partition coefficient (Wildman–Crippen LogP) is 1.03. The van der Waals surface area contributed by atoms with E-state index < -0.39 is 0 Å². The minimum atomic E-state index is -0.0288. The normalized spacial score (nSPS) is 22.9. The van der Waals surface area contributed by atoms with Gasteiger partial charge in [0.25, 0.3) is 5.91 Å². The summed E-state index contributed by atoms with van der Waals surface area (Å²) in [6.07, 6.45) is 4.84. The zero-order chi connectivity index (χ0) is 13.4. The van der Waals surface area contributed by atoms with Crippen LogP contribution in [0.15, 0.2) is 18.3 Å². The fraction of sp³-hybridized carbons (Fsp3) is 0.571. The first kappa shape index (κ1) is 12.3. The molecule has 0 aromatic carbocycles. The van der Waals surface area contributed by atoms with Crippen molar-refractivity contribution in [2.24, 2.45) is 5.92 Å². The minimum Gasteiger partial charge on any atom is -0.350 e. The summed E-state index contributed by atoms with van der Waals surface area (Å²) in [5.41, 5.74) is 0.736. The molecular formula is C14H19N3O2. The summed E-state index contributed by atoms with van der Waals surface area (Å²) in [5, 5.41) is 2.95. The number of rotatable bonds is 4. The number of hydrogen-bond donors (Lipinski definition) is 1. The molecular weight excluding hydrogens is 242 g/mol. The molecule has 102 valence electrons. The Morgan fingerprint density at radius 3 is 2.89 bits per heavy atom. The second-order valence-corrected chi connectivity index (χ2v) is 5.59. The first-order valence-electron chi connectivity index (χ1n) is 6.84. The first-order chi connectivity index (χ1) is 9.15. The molecule has 1 saturated heterocycles. The van der Waals surface area contributed by atoms with E-state index in [2.05, 4.69) is 9.88 Å². The number of aromatic nitrogens is 1. The van der Waals surface area contributed by atoms with Crippen LogP contribution in [0.2, 0.25) is 0 Å². The van der Waals surface area contributed by atoms with E-state index in [1.165, 1.54) is 0 Å². The Labute approximate surface area is 112 Å². The van der Waals surface area contributed by atoms with Gasteiger partial charge in [0.05, 0.1) is 0 Å². The van der Waals surface area contributed by atoms with E-state index in [1.54, 1.807) is 4.90 Å². The van der Waals surface area contributed by atoms with Crippen LogP contribution in [0.1, 0.15) is 35.8 Å². The van der Waals surface area contributed by atoms with Gasteiger partial charge in [0.1, 0.15) is 5.69 Å². The van der Waals surface area contributed by atoms with Gasteiger partial charge in [-0.1, -0.05) is 0 Å². The molecule has 5 nitrogen and oxygen atoms in total. The number of amides is 2. The van der Waals surface area contributed by atoms with E-state index in [9.17, 15) is 9.59 Å². The molecule has 1 saturated carbocycles. The van der Waals surface area contributed by atoms with E-state index in [0.29, 0.717) is 19.0 Å². The number of nitrogens with zero attached hydrogens (tertiary/aromatic N) is 2. The van der Waals surface area contributed by atoms with Crippen LogP contribution in [-0.2, 0) is 4.79 Å². The van der Waals surface area contributed by atoms with Gasteiger partial charge in [-0.3, -0.25) is 9.59 Å². The van der Waals surface area contributed by atoms with Crippen molar-refractivity contribution in [3.63, 3.8) is 0 Å². The zero-order valence-corrected chi connectivity index (χ0v) is 11.1. The van der Waals surface area contributed by atoms with Crippen molar-refractivity contribution in [1.82, 2.24) is 14.8 Å². The largest absolute Gasteiger partial charge is 0.350 e. The average molecular weight is 261 g/mol. The standard InChI is InChI=1S/C14H19N3O2/c1-16-9-10(7-13(16)18)8-15-14(19)12-3-2-6-17(12)11-4-5-11/h2-3,6,10-11H,4-5,7-9H2,1H3,(H,15,19). The van der Waals surface area contributed by atoms with Gasteiger partial charge in [-0.2, -0.15) is 0 Å². The number of carbonyl (C=O) groups is 2. The molecule has 2 heterocycles. The summed E-state index contributed by atoms with van der Waals surface area (Å²) in [4.78, 5) is 25.3. The Hall–Kier alpha value is -1.78. The van der Waals surface area contributed by atoms with Gasteiger partial charge in [0.2, 0.25) is 5.91 Å². The molecule has 1 atom stereocenters. The molecule has 2 aliphatic rings. The van der Waals surface area contributed by atoms with Crippen molar-refractivity contribution in [3.05, 3.63) is 24.0 Å². The van der Waals surface area contributed by atoms with Gasteiger partial charge in [-0.25, -0.2) is 0 Å². The molecule has 0 bridgehead atoms. The lowest BCUT2D eigenvalue weighted by Gasteiger charge is -2.12. The van der Waals surface area contributed by atoms with E-state index in [0.717, 1.165) is 25.1 Å². The van der Waals surface area contributed by atoms with Crippen molar-refractivity contribution in [2.75, 3.05) is 20.1 Å². The van der Waals surface area contributed by atoms with Gasteiger partial charge in [-0.05, 0) is 25.0 Å². The third-order valence-electron chi connectivity index (χ3n) is 3.92. The van der Waals surface area contributed by atoms with E-state index in [1.807, 2.05) is 25.4 Å². The maximum absolute atomic E-state index is 12.1. The lowest BCUT2D eigenvalue weighted by atomic mass is 10.1. The van der Waals surface area contributed by atoms with Crippen molar-refractivity contribution in [3.8, 4) is 0 Å². The quantitative estimate of drug-likeness (QED) is 0.880. The van der Waals surface area contributed by atoms with Crippen LogP contribution in [0.3, 0.4) is 0 Å². The van der Waals surface area contributed by atoms with Gasteiger partial charge in [0.15, 0.2) is 0 Å². The maximum atomic E-state index is 12.1. The Morgan fingerprint density at radius 1 is 1.47 bits per heavy atom. The third-order valence-corrected chi connectivity index (χ3v) is 3.92. The molecule has 0 radical (unpaired) electrons. The van der Waals surface area contributed by atoms with E-state index in [-0.39, 0.29) is 17.7 Å². The predicted molar refractivity (Wildman–Crippen MR) is 70.8 cm³/mol. The van der Waals surface area contributed by atoms with Gasteiger partial charge in [0, 0.05) is 44.7 Å². The average Bonchev–Trinajstić information content (AvgIpc) is 3.02. The number of likely N-dealkylation sites (tertiary alicyclic amines) is 1. The highest BCUT2D eigenvalue weighted by Gasteiger charge is 2.29. The van der Waals surface area contributed by atoms with Gasteiger partial charge in [-0.15, -0.1) is 0 Å². The SMILES string of the molecule is CN1CC(CNC(=O)c2cccn2C2CC2)CC1=O. The fourth-order valence-electron chi connectivity index (χ4n) is 2.68. The van der Waals surface area contributed by atoms with E-state index in [4.69, 9.17) is 0 Å². The highest BCUT2D eigenvalue weighted by Crippen LogP contribution is 2.35. The minimum absolute atomic E-state index is 0.0288. The molecule has 1 aliphatic heterocycles. The van der Waals surface area contributed by atoms with Gasteiger partial charge < -0.3 is 14.8 Å². The molecule has 19 heavy (non-hydrogen) atoms. The molecule has 5 heteroatoms. The number of carbonyl (C=O) groups excluding carboxylic acids is 2. The van der Waals surface area contributed by atoms with Crippen LogP contribution >= 0.6 is 0 Å². The Bertz CT molecular complexity index is 505. The number of hydrogen-bond acceptors (Lipinski definition) is 2. The summed E-state index contributed by atoms with van der Waals surface area (Å²) >= 11 is 0. The molecule has 2 amide bonds. The second-order valence-electron chi connectivity index (χ2n) is 5.59. The van der Waals surface area contributed by atoms with Crippen LogP contribution in [0.4, 0.5) is 0 Å². The molecule has 1 aromatic rings. The highest BCUT2D eigenvalue weighted by molar-refractivity contribution is 5.92. The summed E-state index contributed by atoms with van der Waals surface area (Å²) < 4.78 is 2.06. The fourth-order valence-corrected chi connectivity index (χ4v) is 2.68. The van der Waals surface area contributed by atoms with Crippen LogP contribution < -0.4 is 5.32 Å². The Morgan fingerprint density at radius 2 is 2.26 bits per heavy atom. The summed E-state index contributed by atoms with van der Waals surface area (Å²) in [6.45, 7) is 1.31. The molecule has 1 unspecified atom stereocenters. The lowest BCUT2D eigenvalue weighted by molar-refractivity contribution is -0.126. The molecule has 0 spiro atoms. The highest BCUT2D eigenvalue weighted by atomic mass is 16.2. The first-order valence-corrected chi connectivity index (χ1v) is 6.84. The summed E-state index contributed by atoms with van der Waals surface area (Å²) in [7, 11) is 1.81. The zero-order valence-electron chi connectivity index (χ0n) is 11.1. The van der Waals surface area contributed by atoms with E-state index >= 15 is 0 Å². The van der Waals surface area contributed by atoms with Crippen LogP contribution in [0.5, 0.6) is 0 Å². The van der Waals surface area contributed by atoms with Crippen molar-refractivity contribution >= 4 is 11.8 Å². The lowest BCUT2D eigenvalue weighted by Crippen LogP contribution is -2.31. The molecule has 1 N–H and O–H groups in total. The Balaban J connectivity index is 1.56. The van der Waals surface area contributed by atoms with Crippen molar-refractivity contribution < 1.29 is 9.59 Å². The third kappa shape index (κ3) is 2.50. The van der Waals surface area contributed by atoms with Gasteiger partial charge >= 0.3 is 0 Å². The topological polar surface area (TPSA) is 54.3 Å². The maximum Gasteiger partial charge on any atom is 0.267 e. The van der Waals surface area contributed by atoms with Crippen LogP contribution in [0.25, 0.3) is 0 Å². The van der Waals surface area contributed by atoms with Crippen molar-refractivity contribution in [2.45, 2.75) is 25.3 Å². The van der Waals surface area contributed by atoms with Crippen LogP contribution in [0, 0.1) is 5.92 Å².